The molecule has 0 bridgehead atoms. The van der Waals surface area contributed by atoms with Gasteiger partial charge in [-0.3, -0.25) is 4.79 Å². The van der Waals surface area contributed by atoms with E-state index in [4.69, 9.17) is 4.74 Å². The Morgan fingerprint density at radius 2 is 1.85 bits per heavy atom. The lowest BCUT2D eigenvalue weighted by Gasteiger charge is -2.13. The highest BCUT2D eigenvalue weighted by Crippen LogP contribution is 2.35. The quantitative estimate of drug-likeness (QED) is 0.786. The lowest BCUT2D eigenvalue weighted by molar-refractivity contribution is 0.342. The second kappa shape index (κ2) is 5.21. The highest BCUT2D eigenvalue weighted by molar-refractivity contribution is 5.98. The maximum Gasteiger partial charge on any atom is 0.248 e. The average Bonchev–Trinajstić information content (AvgIpc) is 2.47. The van der Waals surface area contributed by atoms with Crippen LogP contribution in [0.1, 0.15) is 6.92 Å². The van der Waals surface area contributed by atoms with Crippen molar-refractivity contribution in [3.05, 3.63) is 65.0 Å². The van der Waals surface area contributed by atoms with Crippen molar-refractivity contribution in [1.82, 2.24) is 4.98 Å². The molecule has 100 valence electrons. The zero-order valence-electron chi connectivity index (χ0n) is 11.2. The molecule has 1 heterocycles. The van der Waals surface area contributed by atoms with E-state index in [1.54, 1.807) is 6.07 Å². The number of hydrogen-bond acceptors (Lipinski definition) is 2. The average molecular weight is 265 g/mol. The Labute approximate surface area is 116 Å². The van der Waals surface area contributed by atoms with Gasteiger partial charge in [0.15, 0.2) is 0 Å². The number of benzene rings is 2. The normalized spacial score (nSPS) is 10.7. The van der Waals surface area contributed by atoms with E-state index in [9.17, 15) is 4.79 Å². The first-order valence-electron chi connectivity index (χ1n) is 6.64. The van der Waals surface area contributed by atoms with Gasteiger partial charge in [-0.25, -0.2) is 0 Å². The predicted octanol–water partition coefficient (Wildman–Crippen LogP) is 3.59. The zero-order valence-corrected chi connectivity index (χ0v) is 11.2. The molecule has 3 heteroatoms. The van der Waals surface area contributed by atoms with Crippen LogP contribution in [0.4, 0.5) is 0 Å². The largest absolute Gasteiger partial charge is 0.493 e. The maximum atomic E-state index is 11.6. The van der Waals surface area contributed by atoms with Crippen molar-refractivity contribution in [3.8, 4) is 17.0 Å². The van der Waals surface area contributed by atoms with Gasteiger partial charge in [-0.1, -0.05) is 36.4 Å². The molecule has 2 aromatic carbocycles. The summed E-state index contributed by atoms with van der Waals surface area (Å²) in [5, 5.41) is 2.19. The number of fused-ring (bicyclic) bond motifs is 1. The van der Waals surface area contributed by atoms with Crippen molar-refractivity contribution in [1.29, 1.82) is 0 Å². The predicted molar refractivity (Wildman–Crippen MR) is 81.2 cm³/mol. The Morgan fingerprint density at radius 3 is 2.65 bits per heavy atom. The van der Waals surface area contributed by atoms with Gasteiger partial charge in [-0.2, -0.15) is 0 Å². The fraction of sp³-hybridized carbons (Fsp3) is 0.118. The number of pyridine rings is 1. The fourth-order valence-electron chi connectivity index (χ4n) is 2.40. The molecule has 20 heavy (non-hydrogen) atoms. The van der Waals surface area contributed by atoms with Crippen molar-refractivity contribution in [2.75, 3.05) is 6.61 Å². The molecule has 1 aromatic heterocycles. The summed E-state index contributed by atoms with van der Waals surface area (Å²) in [7, 11) is 0. The summed E-state index contributed by atoms with van der Waals surface area (Å²) in [5.74, 6) is 0.785. The monoisotopic (exact) mass is 265 g/mol. The number of nitrogens with one attached hydrogen (secondary N) is 1. The van der Waals surface area contributed by atoms with E-state index >= 15 is 0 Å². The Kier molecular flexibility index (Phi) is 3.25. The van der Waals surface area contributed by atoms with Crippen molar-refractivity contribution < 1.29 is 4.74 Å². The molecule has 0 aliphatic rings. The molecule has 3 aromatic rings. The molecule has 0 saturated heterocycles. The maximum absolute atomic E-state index is 11.6. The van der Waals surface area contributed by atoms with Gasteiger partial charge in [0, 0.05) is 11.6 Å². The lowest BCUT2D eigenvalue weighted by Crippen LogP contribution is -2.05. The molecule has 0 atom stereocenters. The highest BCUT2D eigenvalue weighted by Gasteiger charge is 2.11. The van der Waals surface area contributed by atoms with Gasteiger partial charge in [0.1, 0.15) is 5.75 Å². The molecule has 0 spiro atoms. The fourth-order valence-corrected chi connectivity index (χ4v) is 2.40. The minimum Gasteiger partial charge on any atom is -0.493 e. The van der Waals surface area contributed by atoms with Crippen LogP contribution in [0, 0.1) is 0 Å². The second-order valence-electron chi connectivity index (χ2n) is 4.52. The molecule has 0 aliphatic carbocycles. The van der Waals surface area contributed by atoms with Gasteiger partial charge in [0.2, 0.25) is 5.56 Å². The third kappa shape index (κ3) is 2.18. The van der Waals surface area contributed by atoms with Crippen LogP contribution >= 0.6 is 0 Å². The van der Waals surface area contributed by atoms with Crippen molar-refractivity contribution in [3.63, 3.8) is 0 Å². The molecular weight excluding hydrogens is 250 g/mol. The van der Waals surface area contributed by atoms with Crippen LogP contribution < -0.4 is 10.3 Å². The van der Waals surface area contributed by atoms with Gasteiger partial charge in [0.25, 0.3) is 0 Å². The summed E-state index contributed by atoms with van der Waals surface area (Å²) >= 11 is 0. The number of ether oxygens (including phenoxy) is 1. The highest BCUT2D eigenvalue weighted by atomic mass is 16.5. The van der Waals surface area contributed by atoms with E-state index in [0.29, 0.717) is 6.61 Å². The summed E-state index contributed by atoms with van der Waals surface area (Å²) in [6, 6.07) is 17.2. The van der Waals surface area contributed by atoms with Gasteiger partial charge in [-0.05, 0) is 29.8 Å². The lowest BCUT2D eigenvalue weighted by atomic mass is 10.0. The Balaban J connectivity index is 2.35. The third-order valence-electron chi connectivity index (χ3n) is 3.23. The summed E-state index contributed by atoms with van der Waals surface area (Å²) in [6.45, 7) is 2.54. The molecule has 0 unspecified atom stereocenters. The zero-order chi connectivity index (χ0) is 13.9. The van der Waals surface area contributed by atoms with Crippen molar-refractivity contribution in [2.24, 2.45) is 0 Å². The molecule has 1 N–H and O–H groups in total. The van der Waals surface area contributed by atoms with Crippen molar-refractivity contribution in [2.45, 2.75) is 6.92 Å². The standard InChI is InChI=1S/C17H15NO2/c1-2-20-15-11-10-12-6-3-4-7-13(12)17(15)14-8-5-9-16(19)18-14/h3-11H,2H2,1H3,(H,18,19). The summed E-state index contributed by atoms with van der Waals surface area (Å²) in [5.41, 5.74) is 1.60. The molecule has 0 fully saturated rings. The van der Waals surface area contributed by atoms with Crippen LogP contribution in [0.25, 0.3) is 22.0 Å². The van der Waals surface area contributed by atoms with E-state index in [-0.39, 0.29) is 5.56 Å². The van der Waals surface area contributed by atoms with Crippen LogP contribution in [-0.4, -0.2) is 11.6 Å². The van der Waals surface area contributed by atoms with Crippen LogP contribution in [0.15, 0.2) is 59.4 Å². The molecule has 3 nitrogen and oxygen atoms in total. The Bertz CT molecular complexity index is 805. The van der Waals surface area contributed by atoms with Gasteiger partial charge in [0.05, 0.1) is 12.3 Å². The summed E-state index contributed by atoms with van der Waals surface area (Å²) in [6.07, 6.45) is 0. The first-order valence-corrected chi connectivity index (χ1v) is 6.64. The topological polar surface area (TPSA) is 42.1 Å². The molecule has 0 saturated carbocycles. The van der Waals surface area contributed by atoms with E-state index in [1.165, 1.54) is 6.07 Å². The number of H-pyrrole nitrogens is 1. The molecule has 0 amide bonds. The van der Waals surface area contributed by atoms with E-state index in [2.05, 4.69) is 11.1 Å². The second-order valence-corrected chi connectivity index (χ2v) is 4.52. The van der Waals surface area contributed by atoms with Crippen LogP contribution in [0.2, 0.25) is 0 Å². The van der Waals surface area contributed by atoms with Gasteiger partial charge >= 0.3 is 0 Å². The first-order chi connectivity index (χ1) is 9.79. The Morgan fingerprint density at radius 1 is 1.00 bits per heavy atom. The third-order valence-corrected chi connectivity index (χ3v) is 3.23. The first kappa shape index (κ1) is 12.5. The van der Waals surface area contributed by atoms with Gasteiger partial charge in [-0.15, -0.1) is 0 Å². The molecule has 0 aliphatic heterocycles. The van der Waals surface area contributed by atoms with Crippen LogP contribution in [-0.2, 0) is 0 Å². The molecule has 3 rings (SSSR count). The summed E-state index contributed by atoms with van der Waals surface area (Å²) in [4.78, 5) is 14.5. The SMILES string of the molecule is CCOc1ccc2ccccc2c1-c1cccc(=O)[nH]1. The van der Waals surface area contributed by atoms with Crippen LogP contribution in [0.3, 0.4) is 0 Å². The van der Waals surface area contributed by atoms with E-state index in [1.807, 2.05) is 43.3 Å². The molecule has 0 radical (unpaired) electrons. The number of hydrogen-bond donors (Lipinski definition) is 1. The minimum atomic E-state index is -0.113. The smallest absolute Gasteiger partial charge is 0.248 e. The number of aromatic nitrogens is 1. The number of aromatic amines is 1. The van der Waals surface area contributed by atoms with E-state index < -0.39 is 0 Å². The Hall–Kier alpha value is -2.55. The molecular formula is C17H15NO2. The summed E-state index contributed by atoms with van der Waals surface area (Å²) < 4.78 is 5.72. The van der Waals surface area contributed by atoms with E-state index in [0.717, 1.165) is 27.8 Å². The van der Waals surface area contributed by atoms with Gasteiger partial charge < -0.3 is 9.72 Å². The minimum absolute atomic E-state index is 0.113. The number of rotatable bonds is 3. The van der Waals surface area contributed by atoms with Crippen LogP contribution in [0.5, 0.6) is 5.75 Å². The van der Waals surface area contributed by atoms with Crippen molar-refractivity contribution >= 4 is 10.8 Å².